The van der Waals surface area contributed by atoms with Crippen molar-refractivity contribution in [2.45, 2.75) is 37.3 Å². The van der Waals surface area contributed by atoms with Crippen LogP contribution in [0.2, 0.25) is 0 Å². The van der Waals surface area contributed by atoms with Gasteiger partial charge in [0.15, 0.2) is 0 Å². The van der Waals surface area contributed by atoms with Gasteiger partial charge in [0.1, 0.15) is 5.54 Å². The highest BCUT2D eigenvalue weighted by Crippen LogP contribution is 2.36. The first-order valence-corrected chi connectivity index (χ1v) is 12.0. The number of imide groups is 1. The Morgan fingerprint density at radius 1 is 0.906 bits per heavy atom. The molecule has 0 saturated carbocycles. The second-order valence-corrected chi connectivity index (χ2v) is 9.68. The van der Waals surface area contributed by atoms with E-state index < -0.39 is 5.54 Å². The third-order valence-corrected chi connectivity index (χ3v) is 7.48. The van der Waals surface area contributed by atoms with E-state index in [1.54, 1.807) is 11.3 Å². The molecule has 3 amide bonds. The van der Waals surface area contributed by atoms with Gasteiger partial charge in [-0.2, -0.15) is 0 Å². The van der Waals surface area contributed by atoms with E-state index in [1.165, 1.54) is 9.78 Å². The van der Waals surface area contributed by atoms with Crippen molar-refractivity contribution in [3.05, 3.63) is 94.2 Å². The maximum atomic E-state index is 13.8. The fraction of sp³-hybridized carbons (Fsp3) is 0.308. The minimum atomic E-state index is -0.974. The van der Waals surface area contributed by atoms with Crippen LogP contribution in [0.25, 0.3) is 0 Å². The molecule has 2 aliphatic heterocycles. The Morgan fingerprint density at radius 2 is 1.56 bits per heavy atom. The number of rotatable bonds is 7. The summed E-state index contributed by atoms with van der Waals surface area (Å²) in [5.41, 5.74) is 1.10. The zero-order chi connectivity index (χ0) is 22.0. The largest absolute Gasteiger partial charge is 0.326 e. The van der Waals surface area contributed by atoms with E-state index in [2.05, 4.69) is 27.7 Å². The summed E-state index contributed by atoms with van der Waals surface area (Å²) in [6.07, 6.45) is 3.07. The zero-order valence-electron chi connectivity index (χ0n) is 17.9. The van der Waals surface area contributed by atoms with Gasteiger partial charge in [-0.3, -0.25) is 9.69 Å². The molecule has 0 bridgehead atoms. The summed E-state index contributed by atoms with van der Waals surface area (Å²) in [6.45, 7) is 1.22. The molecule has 2 fully saturated rings. The van der Waals surface area contributed by atoms with Gasteiger partial charge in [-0.25, -0.2) is 9.69 Å². The Morgan fingerprint density at radius 3 is 2.16 bits per heavy atom. The number of carbonyl (C=O) groups is 2. The van der Waals surface area contributed by atoms with Crippen molar-refractivity contribution in [3.8, 4) is 0 Å². The highest BCUT2D eigenvalue weighted by Gasteiger charge is 2.51. The van der Waals surface area contributed by atoms with Crippen molar-refractivity contribution in [1.29, 1.82) is 0 Å². The van der Waals surface area contributed by atoms with Gasteiger partial charge in [0, 0.05) is 30.3 Å². The number of nitrogens with one attached hydrogen (secondary N) is 1. The van der Waals surface area contributed by atoms with Crippen LogP contribution in [0.1, 0.15) is 34.9 Å². The van der Waals surface area contributed by atoms with Crippen LogP contribution in [0.15, 0.2) is 78.2 Å². The number of amides is 3. The smallest absolute Gasteiger partial charge is 0.322 e. The van der Waals surface area contributed by atoms with Gasteiger partial charge in [-0.05, 0) is 35.4 Å². The molecular weight excluding hydrogens is 418 g/mol. The van der Waals surface area contributed by atoms with Gasteiger partial charge in [0.25, 0.3) is 5.91 Å². The molecule has 0 radical (unpaired) electrons. The van der Waals surface area contributed by atoms with Crippen LogP contribution in [0.4, 0.5) is 4.79 Å². The van der Waals surface area contributed by atoms with E-state index in [4.69, 9.17) is 0 Å². The fourth-order valence-electron chi connectivity index (χ4n) is 4.98. The Bertz CT molecular complexity index is 1030. The van der Waals surface area contributed by atoms with Crippen LogP contribution in [-0.4, -0.2) is 40.5 Å². The van der Waals surface area contributed by atoms with E-state index in [0.29, 0.717) is 19.5 Å². The highest BCUT2D eigenvalue weighted by atomic mass is 32.1. The minimum absolute atomic E-state index is 0.132. The van der Waals surface area contributed by atoms with Gasteiger partial charge in [-0.15, -0.1) is 11.3 Å². The van der Waals surface area contributed by atoms with Crippen molar-refractivity contribution in [1.82, 2.24) is 15.1 Å². The van der Waals surface area contributed by atoms with Gasteiger partial charge >= 0.3 is 6.03 Å². The number of hydrogen-bond donors (Lipinski definition) is 1. The van der Waals surface area contributed by atoms with Crippen LogP contribution < -0.4 is 5.32 Å². The normalized spacial score (nSPS) is 20.6. The molecule has 1 atom stereocenters. The monoisotopic (exact) mass is 445 g/mol. The van der Waals surface area contributed by atoms with E-state index in [1.807, 2.05) is 60.7 Å². The molecule has 1 unspecified atom stereocenters. The number of nitrogens with zero attached hydrogens (tertiary/aromatic N) is 2. The van der Waals surface area contributed by atoms with E-state index in [-0.39, 0.29) is 18.0 Å². The van der Waals surface area contributed by atoms with Crippen molar-refractivity contribution >= 4 is 23.3 Å². The molecule has 2 aromatic carbocycles. The van der Waals surface area contributed by atoms with Crippen LogP contribution in [0.3, 0.4) is 0 Å². The van der Waals surface area contributed by atoms with Crippen LogP contribution in [0, 0.1) is 0 Å². The third kappa shape index (κ3) is 4.08. The summed E-state index contributed by atoms with van der Waals surface area (Å²) in [5, 5.41) is 5.19. The molecule has 5 nitrogen and oxygen atoms in total. The molecule has 32 heavy (non-hydrogen) atoms. The number of likely N-dealkylation sites (tertiary alicyclic amines) is 1. The summed E-state index contributed by atoms with van der Waals surface area (Å²) >= 11 is 1.74. The molecule has 3 aromatic rings. The predicted molar refractivity (Wildman–Crippen MR) is 126 cm³/mol. The number of urea groups is 1. The number of benzene rings is 2. The molecule has 5 rings (SSSR count). The summed E-state index contributed by atoms with van der Waals surface area (Å²) < 4.78 is 0. The lowest BCUT2D eigenvalue weighted by molar-refractivity contribution is -0.133. The zero-order valence-corrected chi connectivity index (χ0v) is 18.8. The van der Waals surface area contributed by atoms with Crippen molar-refractivity contribution in [2.24, 2.45) is 0 Å². The average molecular weight is 446 g/mol. The van der Waals surface area contributed by atoms with E-state index in [9.17, 15) is 9.59 Å². The standard InChI is InChI=1S/C26H27N3O2S/c30-24-26(17-20-9-3-1-4-10-20,18-21-11-5-2-6-12-21)27-25(31)29(24)19-28-15-7-13-22(28)23-14-8-16-32-23/h1-6,8-12,14,16,22H,7,13,15,17-19H2,(H,27,31). The van der Waals surface area contributed by atoms with Crippen LogP contribution >= 0.6 is 11.3 Å². The molecule has 164 valence electrons. The molecule has 1 aromatic heterocycles. The van der Waals surface area contributed by atoms with Gasteiger partial charge < -0.3 is 5.32 Å². The number of thiophene rings is 1. The molecule has 0 spiro atoms. The number of hydrogen-bond acceptors (Lipinski definition) is 4. The first kappa shape index (κ1) is 20.9. The summed E-state index contributed by atoms with van der Waals surface area (Å²) in [4.78, 5) is 32.0. The third-order valence-electron chi connectivity index (χ3n) is 6.50. The number of carbonyl (C=O) groups excluding carboxylic acids is 2. The summed E-state index contributed by atoms with van der Waals surface area (Å²) in [6, 6.07) is 24.1. The Balaban J connectivity index is 1.42. The minimum Gasteiger partial charge on any atom is -0.322 e. The molecule has 1 N–H and O–H groups in total. The van der Waals surface area contributed by atoms with Gasteiger partial charge in [-0.1, -0.05) is 66.7 Å². The van der Waals surface area contributed by atoms with Gasteiger partial charge in [0.2, 0.25) is 0 Å². The van der Waals surface area contributed by atoms with Gasteiger partial charge in [0.05, 0.1) is 6.67 Å². The maximum absolute atomic E-state index is 13.8. The Labute approximate surface area is 192 Å². The Hall–Kier alpha value is -2.96. The van der Waals surface area contributed by atoms with E-state index in [0.717, 1.165) is 30.5 Å². The van der Waals surface area contributed by atoms with Crippen LogP contribution in [0.5, 0.6) is 0 Å². The summed E-state index contributed by atoms with van der Waals surface area (Å²) in [5.74, 6) is -0.132. The van der Waals surface area contributed by atoms with Crippen molar-refractivity contribution in [3.63, 3.8) is 0 Å². The second kappa shape index (κ2) is 8.88. The predicted octanol–water partition coefficient (Wildman–Crippen LogP) is 4.62. The molecule has 6 heteroatoms. The maximum Gasteiger partial charge on any atom is 0.326 e. The van der Waals surface area contributed by atoms with Crippen molar-refractivity contribution in [2.75, 3.05) is 13.2 Å². The molecular formula is C26H27N3O2S. The summed E-state index contributed by atoms with van der Waals surface area (Å²) in [7, 11) is 0. The first-order chi connectivity index (χ1) is 15.6. The molecule has 0 aliphatic carbocycles. The van der Waals surface area contributed by atoms with Crippen LogP contribution in [-0.2, 0) is 17.6 Å². The highest BCUT2D eigenvalue weighted by molar-refractivity contribution is 7.10. The fourth-order valence-corrected chi connectivity index (χ4v) is 5.87. The molecule has 2 saturated heterocycles. The lowest BCUT2D eigenvalue weighted by Crippen LogP contribution is -2.51. The first-order valence-electron chi connectivity index (χ1n) is 11.1. The molecule has 3 heterocycles. The lowest BCUT2D eigenvalue weighted by Gasteiger charge is -2.30. The SMILES string of the molecule is O=C1NC(Cc2ccccc2)(Cc2ccccc2)C(=O)N1CN1CCCC1c1cccs1. The van der Waals surface area contributed by atoms with E-state index >= 15 is 0 Å². The quantitative estimate of drug-likeness (QED) is 0.540. The topological polar surface area (TPSA) is 52.7 Å². The lowest BCUT2D eigenvalue weighted by atomic mass is 9.84. The molecule has 2 aliphatic rings. The Kier molecular flexibility index (Phi) is 5.81. The van der Waals surface area contributed by atoms with Crippen molar-refractivity contribution < 1.29 is 9.59 Å². The average Bonchev–Trinajstić information content (AvgIpc) is 3.53. The second-order valence-electron chi connectivity index (χ2n) is 8.70.